The normalized spacial score (nSPS) is 18.9. The maximum atomic E-state index is 12.1. The highest BCUT2D eigenvalue weighted by molar-refractivity contribution is 5.90. The van der Waals surface area contributed by atoms with Crippen LogP contribution in [0.1, 0.15) is 52.4 Å². The van der Waals surface area contributed by atoms with E-state index in [1.165, 1.54) is 6.42 Å². The zero-order valence-corrected chi connectivity index (χ0v) is 12.2. The lowest BCUT2D eigenvalue weighted by atomic mass is 9.84. The number of carbonyl (C=O) groups is 3. The highest BCUT2D eigenvalue weighted by Gasteiger charge is 2.30. The molecule has 0 radical (unpaired) electrons. The quantitative estimate of drug-likeness (QED) is 0.730. The predicted octanol–water partition coefficient (Wildman–Crippen LogP) is 1.99. The first-order valence-electron chi connectivity index (χ1n) is 7.28. The summed E-state index contributed by atoms with van der Waals surface area (Å²) in [5, 5.41) is 11.8. The van der Waals surface area contributed by atoms with Crippen molar-refractivity contribution in [2.24, 2.45) is 5.92 Å². The first-order valence-corrected chi connectivity index (χ1v) is 7.28. The Morgan fingerprint density at radius 3 is 2.40 bits per heavy atom. The molecule has 0 aliphatic heterocycles. The van der Waals surface area contributed by atoms with E-state index in [0.717, 1.165) is 30.6 Å². The SMILES string of the molecule is CCC(C(=O)O)N(C=O)C(=O)NC(C)C1CCCCC1. The van der Waals surface area contributed by atoms with E-state index in [4.69, 9.17) is 5.11 Å². The monoisotopic (exact) mass is 284 g/mol. The molecule has 1 saturated carbocycles. The molecule has 0 heterocycles. The number of hydrogen-bond acceptors (Lipinski definition) is 3. The molecule has 2 atom stereocenters. The van der Waals surface area contributed by atoms with Gasteiger partial charge >= 0.3 is 12.0 Å². The zero-order valence-electron chi connectivity index (χ0n) is 12.2. The van der Waals surface area contributed by atoms with E-state index >= 15 is 0 Å². The van der Waals surface area contributed by atoms with Crippen molar-refractivity contribution in [3.63, 3.8) is 0 Å². The van der Waals surface area contributed by atoms with E-state index < -0.39 is 18.0 Å². The molecular weight excluding hydrogens is 260 g/mol. The number of hydrogen-bond donors (Lipinski definition) is 2. The Hall–Kier alpha value is -1.59. The molecule has 3 amide bonds. The lowest BCUT2D eigenvalue weighted by Crippen LogP contribution is -2.52. The van der Waals surface area contributed by atoms with Crippen LogP contribution in [0.4, 0.5) is 4.79 Å². The van der Waals surface area contributed by atoms with Gasteiger partial charge in [0, 0.05) is 6.04 Å². The van der Waals surface area contributed by atoms with Crippen molar-refractivity contribution in [2.45, 2.75) is 64.5 Å². The number of carbonyl (C=O) groups excluding carboxylic acids is 2. The Labute approximate surface area is 119 Å². The van der Waals surface area contributed by atoms with E-state index in [1.807, 2.05) is 6.92 Å². The van der Waals surface area contributed by atoms with Crippen molar-refractivity contribution in [3.8, 4) is 0 Å². The fraction of sp³-hybridized carbons (Fsp3) is 0.786. The molecule has 1 aliphatic carbocycles. The van der Waals surface area contributed by atoms with Gasteiger partial charge in [-0.3, -0.25) is 9.69 Å². The Morgan fingerprint density at radius 1 is 1.35 bits per heavy atom. The lowest BCUT2D eigenvalue weighted by Gasteiger charge is -2.30. The summed E-state index contributed by atoms with van der Waals surface area (Å²) in [6, 6.07) is -1.77. The van der Waals surface area contributed by atoms with Crippen LogP contribution in [-0.4, -0.2) is 40.5 Å². The van der Waals surface area contributed by atoms with Crippen LogP contribution in [0, 0.1) is 5.92 Å². The second kappa shape index (κ2) is 7.87. The van der Waals surface area contributed by atoms with Crippen LogP contribution in [0.15, 0.2) is 0 Å². The summed E-state index contributed by atoms with van der Waals surface area (Å²) in [5.41, 5.74) is 0. The first kappa shape index (κ1) is 16.5. The third-order valence-corrected chi connectivity index (χ3v) is 4.06. The van der Waals surface area contributed by atoms with Crippen LogP contribution in [0.2, 0.25) is 0 Å². The third kappa shape index (κ3) is 4.21. The number of carboxylic acids is 1. The van der Waals surface area contributed by atoms with Crippen LogP contribution in [-0.2, 0) is 9.59 Å². The Kier molecular flexibility index (Phi) is 6.48. The minimum atomic E-state index is -1.17. The highest BCUT2D eigenvalue weighted by atomic mass is 16.4. The summed E-state index contributed by atoms with van der Waals surface area (Å²) < 4.78 is 0. The molecule has 0 aromatic heterocycles. The van der Waals surface area contributed by atoms with Crippen molar-refractivity contribution < 1.29 is 19.5 Å². The number of amides is 3. The minimum absolute atomic E-state index is 0.0449. The molecule has 114 valence electrons. The van der Waals surface area contributed by atoms with E-state index in [1.54, 1.807) is 6.92 Å². The molecule has 0 bridgehead atoms. The van der Waals surface area contributed by atoms with E-state index in [-0.39, 0.29) is 12.5 Å². The maximum Gasteiger partial charge on any atom is 0.326 e. The van der Waals surface area contributed by atoms with Gasteiger partial charge in [0.2, 0.25) is 6.41 Å². The van der Waals surface area contributed by atoms with E-state index in [9.17, 15) is 14.4 Å². The minimum Gasteiger partial charge on any atom is -0.480 e. The Balaban J connectivity index is 2.62. The van der Waals surface area contributed by atoms with Gasteiger partial charge in [-0.2, -0.15) is 0 Å². The number of aliphatic carboxylic acids is 1. The molecular formula is C14H24N2O4. The summed E-state index contributed by atoms with van der Waals surface area (Å²) in [6.07, 6.45) is 6.18. The number of imide groups is 1. The molecule has 6 nitrogen and oxygen atoms in total. The fourth-order valence-corrected chi connectivity index (χ4v) is 2.77. The highest BCUT2D eigenvalue weighted by Crippen LogP contribution is 2.26. The fourth-order valence-electron chi connectivity index (χ4n) is 2.77. The van der Waals surface area contributed by atoms with Crippen molar-refractivity contribution in [1.29, 1.82) is 0 Å². The molecule has 20 heavy (non-hydrogen) atoms. The van der Waals surface area contributed by atoms with Crippen molar-refractivity contribution in [2.75, 3.05) is 0 Å². The second-order valence-electron chi connectivity index (χ2n) is 5.41. The van der Waals surface area contributed by atoms with Gasteiger partial charge in [0.1, 0.15) is 6.04 Å². The molecule has 0 aromatic rings. The van der Waals surface area contributed by atoms with Gasteiger partial charge in [0.25, 0.3) is 0 Å². The van der Waals surface area contributed by atoms with Gasteiger partial charge in [-0.25, -0.2) is 9.59 Å². The van der Waals surface area contributed by atoms with E-state index in [0.29, 0.717) is 12.3 Å². The Bertz CT molecular complexity index is 353. The zero-order chi connectivity index (χ0) is 15.1. The average molecular weight is 284 g/mol. The molecule has 1 rings (SSSR count). The molecule has 0 spiro atoms. The first-order chi connectivity index (χ1) is 9.51. The van der Waals surface area contributed by atoms with Gasteiger partial charge in [0.15, 0.2) is 0 Å². The van der Waals surface area contributed by atoms with Crippen LogP contribution in [0.5, 0.6) is 0 Å². The predicted molar refractivity (Wildman–Crippen MR) is 74.2 cm³/mol. The third-order valence-electron chi connectivity index (χ3n) is 4.06. The number of rotatable bonds is 6. The molecule has 2 unspecified atom stereocenters. The van der Waals surface area contributed by atoms with Crippen molar-refractivity contribution in [3.05, 3.63) is 0 Å². The lowest BCUT2D eigenvalue weighted by molar-refractivity contribution is -0.144. The second-order valence-corrected chi connectivity index (χ2v) is 5.41. The van der Waals surface area contributed by atoms with E-state index in [2.05, 4.69) is 5.32 Å². The standard InChI is InChI=1S/C14H24N2O4/c1-3-12(13(18)19)16(9-17)14(20)15-10(2)11-7-5-4-6-8-11/h9-12H,3-8H2,1-2H3,(H,15,20)(H,18,19). The number of carboxylic acid groups (broad SMARTS) is 1. The number of nitrogens with one attached hydrogen (secondary N) is 1. The topological polar surface area (TPSA) is 86.7 Å². The summed E-state index contributed by atoms with van der Waals surface area (Å²) in [4.78, 5) is 34.8. The van der Waals surface area contributed by atoms with Gasteiger partial charge < -0.3 is 10.4 Å². The maximum absolute atomic E-state index is 12.1. The number of urea groups is 1. The van der Waals surface area contributed by atoms with Crippen LogP contribution in [0.3, 0.4) is 0 Å². The molecule has 0 saturated heterocycles. The molecule has 6 heteroatoms. The summed E-state index contributed by atoms with van der Waals surface area (Å²) in [7, 11) is 0. The van der Waals surface area contributed by atoms with Gasteiger partial charge in [-0.1, -0.05) is 26.2 Å². The Morgan fingerprint density at radius 2 is 1.95 bits per heavy atom. The molecule has 1 fully saturated rings. The largest absolute Gasteiger partial charge is 0.480 e. The van der Waals surface area contributed by atoms with Crippen LogP contribution in [0.25, 0.3) is 0 Å². The number of nitrogens with zero attached hydrogens (tertiary/aromatic N) is 1. The summed E-state index contributed by atoms with van der Waals surface area (Å²) in [6.45, 7) is 3.55. The van der Waals surface area contributed by atoms with Gasteiger partial charge in [-0.15, -0.1) is 0 Å². The summed E-state index contributed by atoms with van der Waals surface area (Å²) >= 11 is 0. The smallest absolute Gasteiger partial charge is 0.326 e. The molecule has 0 aromatic carbocycles. The van der Waals surface area contributed by atoms with Gasteiger partial charge in [-0.05, 0) is 32.1 Å². The summed E-state index contributed by atoms with van der Waals surface area (Å²) in [5.74, 6) is -0.758. The van der Waals surface area contributed by atoms with Crippen molar-refractivity contribution in [1.82, 2.24) is 10.2 Å². The van der Waals surface area contributed by atoms with Crippen molar-refractivity contribution >= 4 is 18.4 Å². The van der Waals surface area contributed by atoms with Crippen LogP contribution < -0.4 is 5.32 Å². The average Bonchev–Trinajstić information content (AvgIpc) is 2.44. The molecule has 2 N–H and O–H groups in total. The van der Waals surface area contributed by atoms with Crippen LogP contribution >= 0.6 is 0 Å². The molecule has 1 aliphatic rings. The van der Waals surface area contributed by atoms with Gasteiger partial charge in [0.05, 0.1) is 0 Å².